The molecule has 0 aliphatic heterocycles. The van der Waals surface area contributed by atoms with E-state index in [9.17, 15) is 10.2 Å². The van der Waals surface area contributed by atoms with Gasteiger partial charge in [-0.1, -0.05) is 44.9 Å². The standard InChI is InChI=1S/C16H22O2.C3H6.C2H6/c1-3-5-12-9-14(17)16(15(18)10-12)13-7-4-6-11(2)8-13;1-3-2;1-2/h8-10,13,17-18H,3-7H2,1-2H3;3H,1H2,2H3;1-2H3. The number of aromatic hydroxyl groups is 2. The molecule has 2 heteroatoms. The molecule has 0 heterocycles. The van der Waals surface area contributed by atoms with Crippen LogP contribution in [0.5, 0.6) is 11.5 Å². The van der Waals surface area contributed by atoms with Crippen LogP contribution in [0.25, 0.3) is 0 Å². The molecule has 0 radical (unpaired) electrons. The highest BCUT2D eigenvalue weighted by Crippen LogP contribution is 2.41. The van der Waals surface area contributed by atoms with E-state index < -0.39 is 0 Å². The molecule has 1 unspecified atom stereocenters. The fraction of sp³-hybridized carbons (Fsp3) is 0.524. The van der Waals surface area contributed by atoms with E-state index in [1.165, 1.54) is 5.57 Å². The molecule has 23 heavy (non-hydrogen) atoms. The van der Waals surface area contributed by atoms with Gasteiger partial charge in [-0.3, -0.25) is 0 Å². The smallest absolute Gasteiger partial charge is 0.123 e. The molecule has 2 nitrogen and oxygen atoms in total. The van der Waals surface area contributed by atoms with E-state index in [4.69, 9.17) is 0 Å². The van der Waals surface area contributed by atoms with Gasteiger partial charge in [0.25, 0.3) is 0 Å². The van der Waals surface area contributed by atoms with Gasteiger partial charge >= 0.3 is 0 Å². The van der Waals surface area contributed by atoms with Gasteiger partial charge in [0.15, 0.2) is 0 Å². The lowest BCUT2D eigenvalue weighted by Crippen LogP contribution is -2.03. The SMILES string of the molecule is C=CC.CC.CCCc1cc(O)c(C2C=C(C)CCC2)c(O)c1. The Balaban J connectivity index is 0.000000868. The molecule has 0 aromatic heterocycles. The minimum atomic E-state index is 0.162. The second-order valence-corrected chi connectivity index (χ2v) is 5.72. The number of allylic oxidation sites excluding steroid dienone is 3. The summed E-state index contributed by atoms with van der Waals surface area (Å²) in [6.45, 7) is 13.5. The maximum absolute atomic E-state index is 10.1. The Morgan fingerprint density at radius 1 is 1.22 bits per heavy atom. The molecule has 0 saturated carbocycles. The van der Waals surface area contributed by atoms with Crippen molar-refractivity contribution in [2.75, 3.05) is 0 Å². The molecule has 1 aromatic rings. The van der Waals surface area contributed by atoms with Crippen LogP contribution in [-0.2, 0) is 6.42 Å². The molecule has 0 spiro atoms. The van der Waals surface area contributed by atoms with E-state index in [1.54, 1.807) is 18.2 Å². The molecular weight excluding hydrogens is 284 g/mol. The molecule has 130 valence electrons. The van der Waals surface area contributed by atoms with Crippen molar-refractivity contribution in [2.45, 2.75) is 72.6 Å². The van der Waals surface area contributed by atoms with Crippen molar-refractivity contribution in [1.29, 1.82) is 0 Å². The van der Waals surface area contributed by atoms with Gasteiger partial charge in [0.2, 0.25) is 0 Å². The Morgan fingerprint density at radius 2 is 1.74 bits per heavy atom. The lowest BCUT2D eigenvalue weighted by atomic mass is 9.84. The summed E-state index contributed by atoms with van der Waals surface area (Å²) in [6, 6.07) is 3.60. The first kappa shape index (κ1) is 21.3. The van der Waals surface area contributed by atoms with Gasteiger partial charge in [0.1, 0.15) is 11.5 Å². The molecular formula is C21H34O2. The van der Waals surface area contributed by atoms with E-state index in [0.29, 0.717) is 5.56 Å². The number of hydrogen-bond acceptors (Lipinski definition) is 2. The van der Waals surface area contributed by atoms with E-state index in [1.807, 2.05) is 20.8 Å². The molecule has 2 rings (SSSR count). The number of benzene rings is 1. The average molecular weight is 319 g/mol. The summed E-state index contributed by atoms with van der Waals surface area (Å²) in [7, 11) is 0. The summed E-state index contributed by atoms with van der Waals surface area (Å²) in [5.74, 6) is 0.651. The molecule has 0 bridgehead atoms. The lowest BCUT2D eigenvalue weighted by molar-refractivity contribution is 0.427. The predicted octanol–water partition coefficient (Wildman–Crippen LogP) is 6.48. The first-order valence-corrected chi connectivity index (χ1v) is 8.82. The van der Waals surface area contributed by atoms with Crippen molar-refractivity contribution >= 4 is 0 Å². The van der Waals surface area contributed by atoms with Gasteiger partial charge in [0.05, 0.1) is 0 Å². The number of hydrogen-bond donors (Lipinski definition) is 2. The van der Waals surface area contributed by atoms with Crippen LogP contribution in [0.2, 0.25) is 0 Å². The van der Waals surface area contributed by atoms with Crippen LogP contribution in [-0.4, -0.2) is 10.2 Å². The Bertz CT molecular complexity index is 478. The van der Waals surface area contributed by atoms with Crippen LogP contribution in [0, 0.1) is 0 Å². The summed E-state index contributed by atoms with van der Waals surface area (Å²) >= 11 is 0. The maximum atomic E-state index is 10.1. The van der Waals surface area contributed by atoms with Crippen molar-refractivity contribution in [1.82, 2.24) is 0 Å². The molecule has 0 fully saturated rings. The van der Waals surface area contributed by atoms with Gasteiger partial charge in [-0.05, 0) is 57.2 Å². The van der Waals surface area contributed by atoms with Crippen molar-refractivity contribution in [3.8, 4) is 11.5 Å². The highest BCUT2D eigenvalue weighted by Gasteiger charge is 2.21. The van der Waals surface area contributed by atoms with Gasteiger partial charge in [-0.15, -0.1) is 6.58 Å². The van der Waals surface area contributed by atoms with Crippen molar-refractivity contribution in [3.63, 3.8) is 0 Å². The highest BCUT2D eigenvalue weighted by molar-refractivity contribution is 5.50. The third kappa shape index (κ3) is 6.94. The van der Waals surface area contributed by atoms with Crippen LogP contribution >= 0.6 is 0 Å². The summed E-state index contributed by atoms with van der Waals surface area (Å²) < 4.78 is 0. The first-order chi connectivity index (χ1) is 11.0. The van der Waals surface area contributed by atoms with E-state index >= 15 is 0 Å². The largest absolute Gasteiger partial charge is 0.507 e. The second kappa shape index (κ2) is 11.8. The van der Waals surface area contributed by atoms with Crippen molar-refractivity contribution in [3.05, 3.63) is 47.6 Å². The van der Waals surface area contributed by atoms with Crippen LogP contribution in [0.3, 0.4) is 0 Å². The second-order valence-electron chi connectivity index (χ2n) is 5.72. The monoisotopic (exact) mass is 318 g/mol. The molecule has 1 atom stereocenters. The maximum Gasteiger partial charge on any atom is 0.123 e. The summed E-state index contributed by atoms with van der Waals surface area (Å²) in [4.78, 5) is 0. The van der Waals surface area contributed by atoms with Gasteiger partial charge in [-0.2, -0.15) is 0 Å². The lowest BCUT2D eigenvalue weighted by Gasteiger charge is -2.22. The van der Waals surface area contributed by atoms with Gasteiger partial charge in [0, 0.05) is 11.5 Å². The average Bonchev–Trinajstić information content (AvgIpc) is 2.50. The fourth-order valence-electron chi connectivity index (χ4n) is 2.83. The quantitative estimate of drug-likeness (QED) is 0.626. The normalized spacial score (nSPS) is 16.2. The fourth-order valence-corrected chi connectivity index (χ4v) is 2.83. The van der Waals surface area contributed by atoms with Crippen LogP contribution in [0.1, 0.15) is 77.3 Å². The Labute approximate surface area is 142 Å². The van der Waals surface area contributed by atoms with E-state index in [2.05, 4.69) is 26.5 Å². The molecule has 2 N–H and O–H groups in total. The topological polar surface area (TPSA) is 40.5 Å². The highest BCUT2D eigenvalue weighted by atomic mass is 16.3. The zero-order valence-corrected chi connectivity index (χ0v) is 15.5. The van der Waals surface area contributed by atoms with Gasteiger partial charge in [-0.25, -0.2) is 0 Å². The van der Waals surface area contributed by atoms with E-state index in [0.717, 1.165) is 37.7 Å². The van der Waals surface area contributed by atoms with Gasteiger partial charge < -0.3 is 10.2 Å². The summed E-state index contributed by atoms with van der Waals surface area (Å²) in [6.07, 6.45) is 9.10. The minimum absolute atomic E-state index is 0.162. The number of rotatable bonds is 3. The number of phenolic OH excluding ortho intramolecular Hbond substituents is 2. The van der Waals surface area contributed by atoms with Crippen molar-refractivity contribution < 1.29 is 10.2 Å². The molecule has 0 saturated heterocycles. The third-order valence-corrected chi connectivity index (χ3v) is 3.68. The van der Waals surface area contributed by atoms with E-state index in [-0.39, 0.29) is 17.4 Å². The van der Waals surface area contributed by atoms with Crippen LogP contribution < -0.4 is 0 Å². The zero-order chi connectivity index (χ0) is 17.8. The van der Waals surface area contributed by atoms with Crippen molar-refractivity contribution in [2.24, 2.45) is 0 Å². The Hall–Kier alpha value is -1.70. The summed E-state index contributed by atoms with van der Waals surface area (Å²) in [5, 5.41) is 20.3. The molecule has 1 aliphatic carbocycles. The number of phenols is 2. The van der Waals surface area contributed by atoms with Crippen LogP contribution in [0.15, 0.2) is 36.4 Å². The molecule has 1 aromatic carbocycles. The molecule has 0 amide bonds. The number of aryl methyl sites for hydroxylation is 1. The minimum Gasteiger partial charge on any atom is -0.507 e. The Morgan fingerprint density at radius 3 is 2.17 bits per heavy atom. The third-order valence-electron chi connectivity index (χ3n) is 3.68. The first-order valence-electron chi connectivity index (χ1n) is 8.82. The van der Waals surface area contributed by atoms with Crippen LogP contribution in [0.4, 0.5) is 0 Å². The molecule has 1 aliphatic rings. The Kier molecular flexibility index (Phi) is 10.9. The zero-order valence-electron chi connectivity index (χ0n) is 15.5. The predicted molar refractivity (Wildman–Crippen MR) is 101 cm³/mol. The summed E-state index contributed by atoms with van der Waals surface area (Å²) in [5.41, 5.74) is 3.06.